The largest absolute Gasteiger partial charge is 0.492 e. The normalized spacial score (nSPS) is 11.4. The average Bonchev–Trinajstić information content (AvgIpc) is 2.42. The van der Waals surface area contributed by atoms with Gasteiger partial charge in [0.25, 0.3) is 0 Å². The minimum absolute atomic E-state index is 0.0923. The fourth-order valence-electron chi connectivity index (χ4n) is 1.54. The fourth-order valence-corrected chi connectivity index (χ4v) is 1.74. The first kappa shape index (κ1) is 17.8. The van der Waals surface area contributed by atoms with Crippen molar-refractivity contribution in [3.8, 4) is 5.75 Å². The molecule has 21 heavy (non-hydrogen) atoms. The molecule has 118 valence electrons. The summed E-state index contributed by atoms with van der Waals surface area (Å²) in [7, 11) is 1.64. The second-order valence-electron chi connectivity index (χ2n) is 5.40. The van der Waals surface area contributed by atoms with Crippen LogP contribution in [0.5, 0.6) is 5.75 Å². The number of benzene rings is 1. The Kier molecular flexibility index (Phi) is 6.95. The summed E-state index contributed by atoms with van der Waals surface area (Å²) in [4.78, 5) is 11.1. The van der Waals surface area contributed by atoms with Crippen molar-refractivity contribution in [3.05, 3.63) is 28.8 Å². The molecule has 0 amide bonds. The molecule has 0 aliphatic carbocycles. The van der Waals surface area contributed by atoms with E-state index in [9.17, 15) is 4.79 Å². The zero-order valence-corrected chi connectivity index (χ0v) is 13.4. The van der Waals surface area contributed by atoms with Crippen LogP contribution in [-0.4, -0.2) is 37.9 Å². The Morgan fingerprint density at radius 3 is 2.76 bits per heavy atom. The van der Waals surface area contributed by atoms with Gasteiger partial charge in [0.15, 0.2) is 0 Å². The molecule has 0 aromatic heterocycles. The third-order valence-electron chi connectivity index (χ3n) is 2.99. The van der Waals surface area contributed by atoms with Gasteiger partial charge in [-0.05, 0) is 32.0 Å². The Hall–Kier alpha value is -1.30. The van der Waals surface area contributed by atoms with Crippen LogP contribution >= 0.6 is 11.6 Å². The zero-order chi connectivity index (χ0) is 15.9. The number of aliphatic carboxylic acids is 1. The first-order valence-corrected chi connectivity index (χ1v) is 7.09. The lowest BCUT2D eigenvalue weighted by Gasteiger charge is -2.21. The third-order valence-corrected chi connectivity index (χ3v) is 3.22. The number of hydrogen-bond donors (Lipinski definition) is 2. The summed E-state index contributed by atoms with van der Waals surface area (Å²) in [6.07, 6.45) is 0. The van der Waals surface area contributed by atoms with E-state index >= 15 is 0 Å². The van der Waals surface area contributed by atoms with Crippen LogP contribution in [0.1, 0.15) is 19.4 Å². The predicted molar refractivity (Wildman–Crippen MR) is 81.9 cm³/mol. The first-order valence-electron chi connectivity index (χ1n) is 6.71. The molecule has 2 N–H and O–H groups in total. The molecule has 1 rings (SSSR count). The lowest BCUT2D eigenvalue weighted by molar-refractivity contribution is -0.148. The van der Waals surface area contributed by atoms with Crippen molar-refractivity contribution < 1.29 is 19.4 Å². The van der Waals surface area contributed by atoms with Crippen LogP contribution in [0.25, 0.3) is 0 Å². The third kappa shape index (κ3) is 5.91. The van der Waals surface area contributed by atoms with E-state index in [0.717, 1.165) is 5.56 Å². The van der Waals surface area contributed by atoms with Gasteiger partial charge in [-0.1, -0.05) is 11.6 Å². The minimum atomic E-state index is -0.944. The maximum Gasteiger partial charge on any atom is 0.312 e. The van der Waals surface area contributed by atoms with E-state index < -0.39 is 11.4 Å². The van der Waals surface area contributed by atoms with Crippen LogP contribution in [0.3, 0.4) is 0 Å². The van der Waals surface area contributed by atoms with Gasteiger partial charge in [-0.15, -0.1) is 0 Å². The van der Waals surface area contributed by atoms with Gasteiger partial charge in [0.2, 0.25) is 0 Å². The van der Waals surface area contributed by atoms with Crippen molar-refractivity contribution in [2.24, 2.45) is 5.41 Å². The number of halogens is 1. The molecule has 5 nitrogen and oxygen atoms in total. The number of carboxylic acids is 1. The van der Waals surface area contributed by atoms with E-state index in [4.69, 9.17) is 26.2 Å². The van der Waals surface area contributed by atoms with Gasteiger partial charge < -0.3 is 19.9 Å². The van der Waals surface area contributed by atoms with Gasteiger partial charge in [-0.25, -0.2) is 0 Å². The Labute approximate surface area is 130 Å². The van der Waals surface area contributed by atoms with Crippen LogP contribution in [-0.2, 0) is 16.1 Å². The number of rotatable bonds is 9. The monoisotopic (exact) mass is 315 g/mol. The van der Waals surface area contributed by atoms with Gasteiger partial charge in [0, 0.05) is 30.8 Å². The molecule has 0 radical (unpaired) electrons. The van der Waals surface area contributed by atoms with Crippen LogP contribution in [0.4, 0.5) is 0 Å². The summed E-state index contributed by atoms with van der Waals surface area (Å²) in [5.74, 6) is -0.255. The first-order chi connectivity index (χ1) is 9.86. The van der Waals surface area contributed by atoms with E-state index in [-0.39, 0.29) is 6.61 Å². The van der Waals surface area contributed by atoms with Gasteiger partial charge in [-0.2, -0.15) is 0 Å². The molecule has 0 aliphatic rings. The highest BCUT2D eigenvalue weighted by Gasteiger charge is 2.28. The van der Waals surface area contributed by atoms with E-state index in [0.29, 0.717) is 30.5 Å². The Morgan fingerprint density at radius 1 is 1.43 bits per heavy atom. The molecular formula is C15H22ClNO4. The van der Waals surface area contributed by atoms with Crippen LogP contribution < -0.4 is 10.1 Å². The molecule has 0 fully saturated rings. The van der Waals surface area contributed by atoms with Crippen LogP contribution in [0, 0.1) is 5.41 Å². The lowest BCUT2D eigenvalue weighted by Crippen LogP contribution is -2.31. The summed E-state index contributed by atoms with van der Waals surface area (Å²) in [6, 6.07) is 5.29. The Morgan fingerprint density at radius 2 is 2.14 bits per heavy atom. The summed E-state index contributed by atoms with van der Waals surface area (Å²) < 4.78 is 10.6. The van der Waals surface area contributed by atoms with Crippen molar-refractivity contribution in [1.29, 1.82) is 0 Å². The SMILES string of the molecule is COCCNCc1cc(Cl)ccc1OCC(C)(C)C(=O)O. The molecule has 1 aromatic rings. The quantitative estimate of drug-likeness (QED) is 0.686. The Bertz CT molecular complexity index is 477. The van der Waals surface area contributed by atoms with Gasteiger partial charge >= 0.3 is 5.97 Å². The van der Waals surface area contributed by atoms with Gasteiger partial charge in [0.05, 0.1) is 12.0 Å². The van der Waals surface area contributed by atoms with E-state index in [2.05, 4.69) is 5.32 Å². The molecular weight excluding hydrogens is 294 g/mol. The summed E-state index contributed by atoms with van der Waals surface area (Å²) in [5, 5.41) is 12.9. The highest BCUT2D eigenvalue weighted by atomic mass is 35.5. The molecule has 0 bridgehead atoms. The van der Waals surface area contributed by atoms with Crippen LogP contribution in [0.15, 0.2) is 18.2 Å². The summed E-state index contributed by atoms with van der Waals surface area (Å²) in [6.45, 7) is 5.25. The fraction of sp³-hybridized carbons (Fsp3) is 0.533. The summed E-state index contributed by atoms with van der Waals surface area (Å²) >= 11 is 6.00. The number of carboxylic acid groups (broad SMARTS) is 1. The number of hydrogen-bond acceptors (Lipinski definition) is 4. The molecule has 0 spiro atoms. The summed E-state index contributed by atoms with van der Waals surface area (Å²) in [5.41, 5.74) is -0.0554. The lowest BCUT2D eigenvalue weighted by atomic mass is 9.95. The maximum atomic E-state index is 11.1. The molecule has 0 saturated carbocycles. The molecule has 0 saturated heterocycles. The molecule has 0 aliphatic heterocycles. The highest BCUT2D eigenvalue weighted by molar-refractivity contribution is 6.30. The smallest absolute Gasteiger partial charge is 0.312 e. The van der Waals surface area contributed by atoms with Crippen molar-refractivity contribution >= 4 is 17.6 Å². The van der Waals surface area contributed by atoms with Crippen LogP contribution in [0.2, 0.25) is 5.02 Å². The van der Waals surface area contributed by atoms with Gasteiger partial charge in [-0.3, -0.25) is 4.79 Å². The maximum absolute atomic E-state index is 11.1. The van der Waals surface area contributed by atoms with E-state index in [1.165, 1.54) is 0 Å². The second kappa shape index (κ2) is 8.22. The number of ether oxygens (including phenoxy) is 2. The topological polar surface area (TPSA) is 67.8 Å². The second-order valence-corrected chi connectivity index (χ2v) is 5.84. The van der Waals surface area contributed by atoms with Crippen molar-refractivity contribution in [3.63, 3.8) is 0 Å². The van der Waals surface area contributed by atoms with E-state index in [1.54, 1.807) is 33.1 Å². The Balaban J connectivity index is 2.70. The molecule has 0 atom stereocenters. The molecule has 6 heteroatoms. The molecule has 0 heterocycles. The number of carbonyl (C=O) groups is 1. The average molecular weight is 316 g/mol. The predicted octanol–water partition coefficient (Wildman–Crippen LogP) is 2.57. The van der Waals surface area contributed by atoms with Gasteiger partial charge in [0.1, 0.15) is 12.4 Å². The number of methoxy groups -OCH3 is 1. The number of nitrogens with one attached hydrogen (secondary N) is 1. The molecule has 1 aromatic carbocycles. The standard InChI is InChI=1S/C15H22ClNO4/c1-15(2,14(18)19)10-21-13-5-4-12(16)8-11(13)9-17-6-7-20-3/h4-5,8,17H,6-7,9-10H2,1-3H3,(H,18,19). The zero-order valence-electron chi connectivity index (χ0n) is 12.6. The van der Waals surface area contributed by atoms with E-state index in [1.807, 2.05) is 6.07 Å². The minimum Gasteiger partial charge on any atom is -0.492 e. The van der Waals surface area contributed by atoms with Crippen molar-refractivity contribution in [2.75, 3.05) is 26.9 Å². The highest BCUT2D eigenvalue weighted by Crippen LogP contribution is 2.25. The molecule has 0 unspecified atom stereocenters. The van der Waals surface area contributed by atoms with Crippen molar-refractivity contribution in [1.82, 2.24) is 5.32 Å². The van der Waals surface area contributed by atoms with Crippen molar-refractivity contribution in [2.45, 2.75) is 20.4 Å².